The lowest BCUT2D eigenvalue weighted by atomic mass is 9.70. The number of rotatable bonds is 3. The topological polar surface area (TPSA) is 49.3 Å². The first-order chi connectivity index (χ1) is 6.16. The molecule has 0 aromatic carbocycles. The van der Waals surface area contributed by atoms with Crippen molar-refractivity contribution in [1.29, 1.82) is 0 Å². The lowest BCUT2D eigenvalue weighted by molar-refractivity contribution is -0.144. The first-order valence-corrected chi connectivity index (χ1v) is 5.12. The molecule has 1 saturated heterocycles. The standard InChI is InChI=1S/C10H19NO2/c1-3-10(4-2)6-5-7-11-8(10)9(12)13/h8,11H,3-7H2,1-2H3,(H,12,13)/t8-/m0/s1. The molecule has 1 fully saturated rings. The van der Waals surface area contributed by atoms with Gasteiger partial charge in [-0.25, -0.2) is 0 Å². The Morgan fingerprint density at radius 1 is 1.54 bits per heavy atom. The van der Waals surface area contributed by atoms with Crippen LogP contribution >= 0.6 is 0 Å². The van der Waals surface area contributed by atoms with Crippen molar-refractivity contribution in [1.82, 2.24) is 5.32 Å². The number of nitrogens with one attached hydrogen (secondary N) is 1. The van der Waals surface area contributed by atoms with E-state index < -0.39 is 5.97 Å². The van der Waals surface area contributed by atoms with Crippen molar-refractivity contribution in [2.45, 2.75) is 45.6 Å². The SMILES string of the molecule is CCC1(CC)CCCN[C@H]1C(=O)O. The van der Waals surface area contributed by atoms with Crippen LogP contribution < -0.4 is 5.32 Å². The second-order valence-electron chi connectivity index (χ2n) is 3.90. The van der Waals surface area contributed by atoms with E-state index in [2.05, 4.69) is 19.2 Å². The minimum absolute atomic E-state index is 0.00984. The summed E-state index contributed by atoms with van der Waals surface area (Å²) in [7, 11) is 0. The molecular formula is C10H19NO2. The molecule has 1 aliphatic heterocycles. The molecule has 0 bridgehead atoms. The largest absolute Gasteiger partial charge is 0.480 e. The van der Waals surface area contributed by atoms with Gasteiger partial charge in [-0.2, -0.15) is 0 Å². The summed E-state index contributed by atoms with van der Waals surface area (Å²) in [6.45, 7) is 5.03. The first-order valence-electron chi connectivity index (χ1n) is 5.12. The van der Waals surface area contributed by atoms with Gasteiger partial charge < -0.3 is 10.4 Å². The second kappa shape index (κ2) is 4.09. The van der Waals surface area contributed by atoms with E-state index in [1.807, 2.05) is 0 Å². The lowest BCUT2D eigenvalue weighted by Crippen LogP contribution is -2.53. The van der Waals surface area contributed by atoms with E-state index in [-0.39, 0.29) is 11.5 Å². The third-order valence-corrected chi connectivity index (χ3v) is 3.47. The number of carboxylic acids is 1. The molecule has 0 amide bonds. The molecule has 0 aromatic rings. The molecule has 1 rings (SSSR count). The van der Waals surface area contributed by atoms with Gasteiger partial charge in [-0.3, -0.25) is 4.79 Å². The quantitative estimate of drug-likeness (QED) is 0.702. The van der Waals surface area contributed by atoms with Crippen LogP contribution in [0.2, 0.25) is 0 Å². The Hall–Kier alpha value is -0.570. The van der Waals surface area contributed by atoms with Crippen LogP contribution in [-0.4, -0.2) is 23.7 Å². The smallest absolute Gasteiger partial charge is 0.321 e. The van der Waals surface area contributed by atoms with Gasteiger partial charge in [0.1, 0.15) is 6.04 Å². The molecule has 3 heteroatoms. The summed E-state index contributed by atoms with van der Waals surface area (Å²) in [5.74, 6) is -0.691. The molecule has 76 valence electrons. The maximum Gasteiger partial charge on any atom is 0.321 e. The zero-order chi connectivity index (χ0) is 9.90. The third-order valence-electron chi connectivity index (χ3n) is 3.47. The maximum absolute atomic E-state index is 11.0. The molecule has 2 N–H and O–H groups in total. The van der Waals surface area contributed by atoms with Gasteiger partial charge in [-0.15, -0.1) is 0 Å². The average Bonchev–Trinajstić information content (AvgIpc) is 2.17. The molecule has 0 aromatic heterocycles. The van der Waals surface area contributed by atoms with Gasteiger partial charge in [0.25, 0.3) is 0 Å². The molecule has 1 heterocycles. The van der Waals surface area contributed by atoms with Gasteiger partial charge in [0.15, 0.2) is 0 Å². The van der Waals surface area contributed by atoms with E-state index in [1.54, 1.807) is 0 Å². The van der Waals surface area contributed by atoms with Gasteiger partial charge in [0.2, 0.25) is 0 Å². The second-order valence-corrected chi connectivity index (χ2v) is 3.90. The van der Waals surface area contributed by atoms with Gasteiger partial charge in [-0.05, 0) is 37.6 Å². The number of carbonyl (C=O) groups is 1. The molecule has 0 radical (unpaired) electrons. The van der Waals surface area contributed by atoms with Gasteiger partial charge in [0, 0.05) is 0 Å². The van der Waals surface area contributed by atoms with Crippen molar-refractivity contribution in [3.05, 3.63) is 0 Å². The van der Waals surface area contributed by atoms with Crippen molar-refractivity contribution in [2.75, 3.05) is 6.54 Å². The number of hydrogen-bond donors (Lipinski definition) is 2. The minimum Gasteiger partial charge on any atom is -0.480 e. The minimum atomic E-state index is -0.691. The number of piperidine rings is 1. The molecular weight excluding hydrogens is 166 g/mol. The van der Waals surface area contributed by atoms with Crippen LogP contribution in [0.3, 0.4) is 0 Å². The predicted molar refractivity (Wildman–Crippen MR) is 51.7 cm³/mol. The van der Waals surface area contributed by atoms with Crippen LogP contribution in [0.5, 0.6) is 0 Å². The Morgan fingerprint density at radius 3 is 2.54 bits per heavy atom. The zero-order valence-corrected chi connectivity index (χ0v) is 8.47. The normalized spacial score (nSPS) is 27.1. The van der Waals surface area contributed by atoms with Crippen LogP contribution in [0.1, 0.15) is 39.5 Å². The van der Waals surface area contributed by atoms with Crippen LogP contribution in [0.25, 0.3) is 0 Å². The van der Waals surface area contributed by atoms with Crippen molar-refractivity contribution >= 4 is 5.97 Å². The van der Waals surface area contributed by atoms with E-state index in [0.29, 0.717) is 0 Å². The Labute approximate surface area is 79.5 Å². The molecule has 0 saturated carbocycles. The molecule has 3 nitrogen and oxygen atoms in total. The first kappa shape index (κ1) is 10.5. The van der Waals surface area contributed by atoms with Gasteiger partial charge >= 0.3 is 5.97 Å². The van der Waals surface area contributed by atoms with Crippen molar-refractivity contribution in [3.63, 3.8) is 0 Å². The van der Waals surface area contributed by atoms with Gasteiger partial charge in [-0.1, -0.05) is 13.8 Å². The van der Waals surface area contributed by atoms with Crippen LogP contribution in [-0.2, 0) is 4.79 Å². The van der Waals surface area contributed by atoms with Crippen molar-refractivity contribution in [3.8, 4) is 0 Å². The fourth-order valence-electron chi connectivity index (χ4n) is 2.41. The summed E-state index contributed by atoms with van der Waals surface area (Å²) in [6.07, 6.45) is 4.05. The molecule has 0 aliphatic carbocycles. The molecule has 13 heavy (non-hydrogen) atoms. The number of hydrogen-bond acceptors (Lipinski definition) is 2. The van der Waals surface area contributed by atoms with Crippen molar-refractivity contribution in [2.24, 2.45) is 5.41 Å². The van der Waals surface area contributed by atoms with E-state index in [1.165, 1.54) is 0 Å². The van der Waals surface area contributed by atoms with E-state index in [9.17, 15) is 4.79 Å². The maximum atomic E-state index is 11.0. The summed E-state index contributed by atoms with van der Waals surface area (Å²) in [4.78, 5) is 11.0. The highest BCUT2D eigenvalue weighted by Crippen LogP contribution is 2.38. The molecule has 0 spiro atoms. The highest BCUT2D eigenvalue weighted by molar-refractivity contribution is 5.74. The van der Waals surface area contributed by atoms with E-state index in [0.717, 1.165) is 32.2 Å². The Morgan fingerprint density at radius 2 is 2.15 bits per heavy atom. The zero-order valence-electron chi connectivity index (χ0n) is 8.47. The third kappa shape index (κ3) is 1.85. The van der Waals surface area contributed by atoms with Gasteiger partial charge in [0.05, 0.1) is 0 Å². The summed E-state index contributed by atoms with van der Waals surface area (Å²) < 4.78 is 0. The molecule has 1 atom stereocenters. The fraction of sp³-hybridized carbons (Fsp3) is 0.900. The summed E-state index contributed by atoms with van der Waals surface area (Å²) >= 11 is 0. The summed E-state index contributed by atoms with van der Waals surface area (Å²) in [6, 6.07) is -0.337. The van der Waals surface area contributed by atoms with Crippen LogP contribution in [0.4, 0.5) is 0 Å². The number of aliphatic carboxylic acids is 1. The summed E-state index contributed by atoms with van der Waals surface area (Å²) in [5.41, 5.74) is -0.00984. The van der Waals surface area contributed by atoms with E-state index in [4.69, 9.17) is 5.11 Å². The van der Waals surface area contributed by atoms with Crippen LogP contribution in [0, 0.1) is 5.41 Å². The Bertz CT molecular complexity index is 187. The summed E-state index contributed by atoms with van der Waals surface area (Å²) in [5, 5.41) is 12.2. The lowest BCUT2D eigenvalue weighted by Gasteiger charge is -2.41. The fourth-order valence-corrected chi connectivity index (χ4v) is 2.41. The highest BCUT2D eigenvalue weighted by Gasteiger charge is 2.41. The molecule has 0 unspecified atom stereocenters. The monoisotopic (exact) mass is 185 g/mol. The van der Waals surface area contributed by atoms with E-state index >= 15 is 0 Å². The van der Waals surface area contributed by atoms with Crippen molar-refractivity contribution < 1.29 is 9.90 Å². The predicted octanol–water partition coefficient (Wildman–Crippen LogP) is 1.63. The Balaban J connectivity index is 2.81. The molecule has 1 aliphatic rings. The number of carboxylic acid groups (broad SMARTS) is 1. The highest BCUT2D eigenvalue weighted by atomic mass is 16.4. The Kier molecular flexibility index (Phi) is 3.31. The van der Waals surface area contributed by atoms with Crippen LogP contribution in [0.15, 0.2) is 0 Å². The average molecular weight is 185 g/mol.